The lowest BCUT2D eigenvalue weighted by molar-refractivity contribution is -0.118. The summed E-state index contributed by atoms with van der Waals surface area (Å²) in [6.45, 7) is 5.81. The van der Waals surface area contributed by atoms with Gasteiger partial charge in [-0.1, -0.05) is 37.3 Å². The van der Waals surface area contributed by atoms with E-state index in [9.17, 15) is 4.79 Å². The Hall–Kier alpha value is -3.54. The molecule has 1 aliphatic heterocycles. The maximum atomic E-state index is 12.2. The van der Waals surface area contributed by atoms with Gasteiger partial charge in [-0.25, -0.2) is 4.98 Å². The van der Waals surface area contributed by atoms with Gasteiger partial charge in [0.1, 0.15) is 11.6 Å². The van der Waals surface area contributed by atoms with E-state index < -0.39 is 0 Å². The Kier molecular flexibility index (Phi) is 6.67. The molecule has 1 saturated heterocycles. The standard InChI is InChI=1S/C25H28N4O2/c1-2-20-7-6-10-23(17-20)31-19-25(30)27-21-11-12-24(26-18-21)29-15-13-28(14-16-29)22-8-4-3-5-9-22/h3-12,17-18H,2,13-16,19H2,1H3,(H,27,30). The largest absolute Gasteiger partial charge is 0.484 e. The first kappa shape index (κ1) is 20.7. The van der Waals surface area contributed by atoms with Crippen molar-refractivity contribution in [1.29, 1.82) is 0 Å². The van der Waals surface area contributed by atoms with Crippen molar-refractivity contribution in [3.8, 4) is 5.75 Å². The lowest BCUT2D eigenvalue weighted by Gasteiger charge is -2.36. The fourth-order valence-electron chi connectivity index (χ4n) is 3.68. The number of hydrogen-bond acceptors (Lipinski definition) is 5. The van der Waals surface area contributed by atoms with E-state index in [0.717, 1.165) is 38.4 Å². The zero-order valence-corrected chi connectivity index (χ0v) is 17.8. The predicted molar refractivity (Wildman–Crippen MR) is 125 cm³/mol. The number of pyridine rings is 1. The number of aromatic nitrogens is 1. The second-order valence-corrected chi connectivity index (χ2v) is 7.55. The smallest absolute Gasteiger partial charge is 0.262 e. The summed E-state index contributed by atoms with van der Waals surface area (Å²) in [5.41, 5.74) is 3.11. The maximum absolute atomic E-state index is 12.2. The van der Waals surface area contributed by atoms with Crippen LogP contribution in [0.5, 0.6) is 5.75 Å². The van der Waals surface area contributed by atoms with Crippen LogP contribution in [-0.4, -0.2) is 43.7 Å². The van der Waals surface area contributed by atoms with Crippen LogP contribution < -0.4 is 19.9 Å². The Bertz CT molecular complexity index is 984. The first-order valence-electron chi connectivity index (χ1n) is 10.7. The summed E-state index contributed by atoms with van der Waals surface area (Å²) < 4.78 is 5.60. The third-order valence-corrected chi connectivity index (χ3v) is 5.43. The van der Waals surface area contributed by atoms with Crippen molar-refractivity contribution in [2.75, 3.05) is 47.9 Å². The van der Waals surface area contributed by atoms with Gasteiger partial charge in [0.05, 0.1) is 11.9 Å². The molecule has 0 bridgehead atoms. The van der Waals surface area contributed by atoms with Gasteiger partial charge >= 0.3 is 0 Å². The number of para-hydroxylation sites is 1. The lowest BCUT2D eigenvalue weighted by Crippen LogP contribution is -2.46. The Labute approximate surface area is 183 Å². The number of rotatable bonds is 7. The molecule has 2 heterocycles. The normalized spacial score (nSPS) is 13.7. The number of piperazine rings is 1. The highest BCUT2D eigenvalue weighted by Crippen LogP contribution is 2.20. The van der Waals surface area contributed by atoms with Crippen molar-refractivity contribution in [2.45, 2.75) is 13.3 Å². The molecule has 3 aromatic rings. The maximum Gasteiger partial charge on any atom is 0.262 e. The summed E-state index contributed by atoms with van der Waals surface area (Å²) in [4.78, 5) is 21.4. The average Bonchev–Trinajstić information content (AvgIpc) is 2.84. The molecule has 31 heavy (non-hydrogen) atoms. The van der Waals surface area contributed by atoms with Crippen molar-refractivity contribution in [2.24, 2.45) is 0 Å². The third kappa shape index (κ3) is 5.54. The topological polar surface area (TPSA) is 57.7 Å². The molecular formula is C25H28N4O2. The molecule has 160 valence electrons. The second-order valence-electron chi connectivity index (χ2n) is 7.55. The third-order valence-electron chi connectivity index (χ3n) is 5.43. The van der Waals surface area contributed by atoms with Gasteiger partial charge in [-0.2, -0.15) is 0 Å². The van der Waals surface area contributed by atoms with E-state index in [2.05, 4.69) is 51.3 Å². The number of ether oxygens (including phenoxy) is 1. The van der Waals surface area contributed by atoms with E-state index in [0.29, 0.717) is 11.4 Å². The predicted octanol–water partition coefficient (Wildman–Crippen LogP) is 3.99. The monoisotopic (exact) mass is 416 g/mol. The fraction of sp³-hybridized carbons (Fsp3) is 0.280. The number of amides is 1. The van der Waals surface area contributed by atoms with Gasteiger partial charge in [0.2, 0.25) is 0 Å². The quantitative estimate of drug-likeness (QED) is 0.631. The van der Waals surface area contributed by atoms with Crippen LogP contribution in [0, 0.1) is 0 Å². The highest BCUT2D eigenvalue weighted by molar-refractivity contribution is 5.91. The molecule has 4 rings (SSSR count). The minimum atomic E-state index is -0.201. The number of carbonyl (C=O) groups is 1. The number of anilines is 3. The second kappa shape index (κ2) is 9.98. The summed E-state index contributed by atoms with van der Waals surface area (Å²) >= 11 is 0. The van der Waals surface area contributed by atoms with Gasteiger partial charge in [0.15, 0.2) is 6.61 Å². The highest BCUT2D eigenvalue weighted by atomic mass is 16.5. The van der Waals surface area contributed by atoms with Crippen LogP contribution >= 0.6 is 0 Å². The molecule has 2 aromatic carbocycles. The zero-order chi connectivity index (χ0) is 21.5. The van der Waals surface area contributed by atoms with E-state index in [1.54, 1.807) is 6.20 Å². The van der Waals surface area contributed by atoms with Gasteiger partial charge in [-0.3, -0.25) is 4.79 Å². The first-order valence-corrected chi connectivity index (χ1v) is 10.7. The van der Waals surface area contributed by atoms with E-state index in [1.165, 1.54) is 11.3 Å². The number of benzene rings is 2. The van der Waals surface area contributed by atoms with Crippen LogP contribution in [0.15, 0.2) is 72.9 Å². The zero-order valence-electron chi connectivity index (χ0n) is 17.8. The molecule has 1 aliphatic rings. The Balaban J connectivity index is 1.26. The molecule has 1 amide bonds. The van der Waals surface area contributed by atoms with Crippen LogP contribution in [0.1, 0.15) is 12.5 Å². The molecule has 0 aliphatic carbocycles. The Morgan fingerprint density at radius 3 is 2.45 bits per heavy atom. The van der Waals surface area contributed by atoms with Crippen molar-refractivity contribution < 1.29 is 9.53 Å². The molecule has 1 N–H and O–H groups in total. The van der Waals surface area contributed by atoms with Crippen molar-refractivity contribution in [3.05, 3.63) is 78.5 Å². The molecule has 0 unspecified atom stereocenters. The molecular weight excluding hydrogens is 388 g/mol. The van der Waals surface area contributed by atoms with Gasteiger partial charge < -0.3 is 19.9 Å². The summed E-state index contributed by atoms with van der Waals surface area (Å²) in [6.07, 6.45) is 2.64. The van der Waals surface area contributed by atoms with E-state index >= 15 is 0 Å². The molecule has 6 nitrogen and oxygen atoms in total. The van der Waals surface area contributed by atoms with E-state index in [1.807, 2.05) is 42.5 Å². The van der Waals surface area contributed by atoms with E-state index in [4.69, 9.17) is 4.74 Å². The molecule has 1 aromatic heterocycles. The molecule has 0 atom stereocenters. The Morgan fingerprint density at radius 1 is 0.968 bits per heavy atom. The van der Waals surface area contributed by atoms with Crippen molar-refractivity contribution >= 4 is 23.1 Å². The number of nitrogens with one attached hydrogen (secondary N) is 1. The highest BCUT2D eigenvalue weighted by Gasteiger charge is 2.18. The lowest BCUT2D eigenvalue weighted by atomic mass is 10.2. The molecule has 0 saturated carbocycles. The minimum absolute atomic E-state index is 0.0314. The number of hydrogen-bond donors (Lipinski definition) is 1. The summed E-state index contributed by atoms with van der Waals surface area (Å²) in [5.74, 6) is 1.43. The summed E-state index contributed by atoms with van der Waals surface area (Å²) in [7, 11) is 0. The van der Waals surface area contributed by atoms with Crippen LogP contribution in [0.4, 0.5) is 17.2 Å². The summed E-state index contributed by atoms with van der Waals surface area (Å²) in [5, 5.41) is 2.85. The summed E-state index contributed by atoms with van der Waals surface area (Å²) in [6, 6.07) is 22.1. The fourth-order valence-corrected chi connectivity index (χ4v) is 3.68. The van der Waals surface area contributed by atoms with Crippen LogP contribution in [-0.2, 0) is 11.2 Å². The average molecular weight is 417 g/mol. The minimum Gasteiger partial charge on any atom is -0.484 e. The van der Waals surface area contributed by atoms with Crippen LogP contribution in [0.25, 0.3) is 0 Å². The van der Waals surface area contributed by atoms with Gasteiger partial charge in [0, 0.05) is 31.9 Å². The number of carbonyl (C=O) groups excluding carboxylic acids is 1. The number of nitrogens with zero attached hydrogens (tertiary/aromatic N) is 3. The van der Waals surface area contributed by atoms with Gasteiger partial charge in [0.25, 0.3) is 5.91 Å². The van der Waals surface area contributed by atoms with Gasteiger partial charge in [-0.05, 0) is 48.4 Å². The van der Waals surface area contributed by atoms with Crippen LogP contribution in [0.2, 0.25) is 0 Å². The van der Waals surface area contributed by atoms with E-state index in [-0.39, 0.29) is 12.5 Å². The molecule has 0 radical (unpaired) electrons. The number of aryl methyl sites for hydroxylation is 1. The molecule has 1 fully saturated rings. The van der Waals surface area contributed by atoms with Crippen molar-refractivity contribution in [3.63, 3.8) is 0 Å². The molecule has 0 spiro atoms. The van der Waals surface area contributed by atoms with Gasteiger partial charge in [-0.15, -0.1) is 0 Å². The SMILES string of the molecule is CCc1cccc(OCC(=O)Nc2ccc(N3CCN(c4ccccc4)CC3)nc2)c1. The first-order chi connectivity index (χ1) is 15.2. The Morgan fingerprint density at radius 2 is 1.74 bits per heavy atom. The molecule has 6 heteroatoms. The van der Waals surface area contributed by atoms with Crippen LogP contribution in [0.3, 0.4) is 0 Å². The van der Waals surface area contributed by atoms with Crippen molar-refractivity contribution in [1.82, 2.24) is 4.98 Å².